The lowest BCUT2D eigenvalue weighted by Gasteiger charge is -2.44. The number of hydrogen-bond acceptors (Lipinski definition) is 4. The van der Waals surface area contributed by atoms with Gasteiger partial charge >= 0.3 is 0 Å². The molecule has 2 heterocycles. The van der Waals surface area contributed by atoms with Crippen LogP contribution in [0.5, 0.6) is 0 Å². The summed E-state index contributed by atoms with van der Waals surface area (Å²) in [6.07, 6.45) is 5.72. The summed E-state index contributed by atoms with van der Waals surface area (Å²) in [5.74, 6) is 0.933. The van der Waals surface area contributed by atoms with Crippen LogP contribution in [0.15, 0.2) is 29.8 Å². The fraction of sp³-hybridized carbons (Fsp3) is 0.571. The first-order chi connectivity index (χ1) is 12.7. The Balaban J connectivity index is 2.15. The number of allylic oxidation sites excluding steroid dienone is 2. The van der Waals surface area contributed by atoms with E-state index in [9.17, 15) is 10.1 Å². The maximum absolute atomic E-state index is 11.2. The Hall–Kier alpha value is -2.37. The van der Waals surface area contributed by atoms with E-state index >= 15 is 0 Å². The average molecular weight is 370 g/mol. The first kappa shape index (κ1) is 19.4. The van der Waals surface area contributed by atoms with Gasteiger partial charge in [0.05, 0.1) is 16.0 Å². The van der Waals surface area contributed by atoms with Gasteiger partial charge in [-0.1, -0.05) is 32.4 Å². The van der Waals surface area contributed by atoms with Crippen molar-refractivity contribution >= 4 is 22.7 Å². The van der Waals surface area contributed by atoms with Crippen LogP contribution in [-0.4, -0.2) is 27.1 Å². The van der Waals surface area contributed by atoms with E-state index in [1.807, 2.05) is 6.07 Å². The van der Waals surface area contributed by atoms with Crippen LogP contribution in [0.2, 0.25) is 0 Å². The zero-order valence-electron chi connectivity index (χ0n) is 17.0. The molecule has 2 aromatic rings. The molecule has 27 heavy (non-hydrogen) atoms. The summed E-state index contributed by atoms with van der Waals surface area (Å²) in [5.41, 5.74) is 3.12. The van der Waals surface area contributed by atoms with Crippen LogP contribution in [0.25, 0.3) is 11.0 Å². The van der Waals surface area contributed by atoms with Crippen molar-refractivity contribution in [2.45, 2.75) is 66.5 Å². The smallest absolute Gasteiger partial charge is 0.271 e. The molecule has 1 aliphatic heterocycles. The lowest BCUT2D eigenvalue weighted by Crippen LogP contribution is -2.48. The number of benzene rings is 1. The van der Waals surface area contributed by atoms with Gasteiger partial charge in [-0.05, 0) is 44.6 Å². The Morgan fingerprint density at radius 2 is 2.07 bits per heavy atom. The quantitative estimate of drug-likeness (QED) is 0.415. The minimum absolute atomic E-state index is 0.0897. The predicted octanol–water partition coefficient (Wildman–Crippen LogP) is 5.32. The minimum atomic E-state index is -0.354. The van der Waals surface area contributed by atoms with E-state index in [1.54, 1.807) is 12.1 Å². The summed E-state index contributed by atoms with van der Waals surface area (Å²) in [5, 5.41) is 11.2. The largest absolute Gasteiger partial charge is 0.339 e. The third kappa shape index (κ3) is 3.99. The van der Waals surface area contributed by atoms with Gasteiger partial charge in [0, 0.05) is 31.3 Å². The van der Waals surface area contributed by atoms with Gasteiger partial charge in [0.2, 0.25) is 5.95 Å². The zero-order chi connectivity index (χ0) is 19.8. The Morgan fingerprint density at radius 1 is 1.33 bits per heavy atom. The number of nitrogens with zero attached hydrogens (tertiary/aromatic N) is 4. The van der Waals surface area contributed by atoms with Gasteiger partial charge < -0.3 is 9.47 Å². The number of aromatic nitrogens is 2. The molecule has 3 rings (SSSR count). The summed E-state index contributed by atoms with van der Waals surface area (Å²) in [6.45, 7) is 12.7. The molecule has 1 aromatic heterocycles. The first-order valence-electron chi connectivity index (χ1n) is 9.73. The fourth-order valence-corrected chi connectivity index (χ4v) is 3.96. The maximum Gasteiger partial charge on any atom is 0.271 e. The van der Waals surface area contributed by atoms with Crippen LogP contribution < -0.4 is 4.90 Å². The number of non-ortho nitro benzene ring substituents is 1. The third-order valence-corrected chi connectivity index (χ3v) is 5.36. The standard InChI is InChI=1S/C21H30N4O2/c1-15(2)11-13-23-18-10-9-16(25(26)27)14-17(18)22-20(23)24-12-7-6-8-19(24)21(3,4)5/h9-11,14,19H,6-8,12-13H2,1-5H3/t19-/m1/s1. The van der Waals surface area contributed by atoms with Crippen molar-refractivity contribution in [1.29, 1.82) is 0 Å². The van der Waals surface area contributed by atoms with Crippen molar-refractivity contribution in [2.75, 3.05) is 11.4 Å². The second-order valence-corrected chi connectivity index (χ2v) is 8.81. The Kier molecular flexibility index (Phi) is 5.27. The number of anilines is 1. The molecule has 1 atom stereocenters. The van der Waals surface area contributed by atoms with E-state index in [0.29, 0.717) is 11.6 Å². The van der Waals surface area contributed by atoms with E-state index < -0.39 is 0 Å². The van der Waals surface area contributed by atoms with Gasteiger partial charge in [0.15, 0.2) is 0 Å². The predicted molar refractivity (Wildman–Crippen MR) is 110 cm³/mol. The summed E-state index contributed by atoms with van der Waals surface area (Å²) in [6, 6.07) is 5.40. The molecule has 0 spiro atoms. The number of rotatable bonds is 4. The molecular weight excluding hydrogens is 340 g/mol. The molecule has 1 saturated heterocycles. The highest BCUT2D eigenvalue weighted by molar-refractivity contribution is 5.81. The second-order valence-electron chi connectivity index (χ2n) is 8.81. The van der Waals surface area contributed by atoms with Gasteiger partial charge in [-0.3, -0.25) is 10.1 Å². The van der Waals surface area contributed by atoms with Crippen LogP contribution in [-0.2, 0) is 6.54 Å². The molecule has 0 N–H and O–H groups in total. The van der Waals surface area contributed by atoms with Crippen LogP contribution in [0.1, 0.15) is 53.9 Å². The number of fused-ring (bicyclic) bond motifs is 1. The first-order valence-corrected chi connectivity index (χ1v) is 9.73. The second kappa shape index (κ2) is 7.33. The molecule has 1 aliphatic rings. The fourth-order valence-electron chi connectivity index (χ4n) is 3.96. The Labute approximate surface area is 161 Å². The highest BCUT2D eigenvalue weighted by Crippen LogP contribution is 2.36. The molecule has 0 aliphatic carbocycles. The topological polar surface area (TPSA) is 64.2 Å². The molecule has 146 valence electrons. The van der Waals surface area contributed by atoms with Crippen LogP contribution in [0, 0.1) is 15.5 Å². The summed E-state index contributed by atoms with van der Waals surface area (Å²) >= 11 is 0. The minimum Gasteiger partial charge on any atom is -0.339 e. The van der Waals surface area contributed by atoms with Gasteiger partial charge in [0.25, 0.3) is 5.69 Å². The number of nitro benzene ring substituents is 1. The monoisotopic (exact) mass is 370 g/mol. The lowest BCUT2D eigenvalue weighted by molar-refractivity contribution is -0.384. The molecule has 1 aromatic carbocycles. The molecule has 0 amide bonds. The van der Waals surface area contributed by atoms with Crippen molar-refractivity contribution in [3.05, 3.63) is 40.0 Å². The van der Waals surface area contributed by atoms with Gasteiger partial charge in [0.1, 0.15) is 0 Å². The molecular formula is C21H30N4O2. The van der Waals surface area contributed by atoms with Crippen molar-refractivity contribution in [3.63, 3.8) is 0 Å². The van der Waals surface area contributed by atoms with Crippen LogP contribution in [0.4, 0.5) is 11.6 Å². The normalized spacial score (nSPS) is 18.0. The SMILES string of the molecule is CC(C)=CCn1c(N2CCCC[C@@H]2C(C)(C)C)nc2cc([N+](=O)[O-])ccc21. The highest BCUT2D eigenvalue weighted by atomic mass is 16.6. The van der Waals surface area contributed by atoms with E-state index in [-0.39, 0.29) is 16.0 Å². The van der Waals surface area contributed by atoms with Crippen molar-refractivity contribution in [1.82, 2.24) is 9.55 Å². The summed E-state index contributed by atoms with van der Waals surface area (Å²) in [7, 11) is 0. The molecule has 0 bridgehead atoms. The van der Waals surface area contributed by atoms with Crippen molar-refractivity contribution in [3.8, 4) is 0 Å². The van der Waals surface area contributed by atoms with E-state index in [4.69, 9.17) is 4.98 Å². The van der Waals surface area contributed by atoms with E-state index in [2.05, 4.69) is 50.2 Å². The maximum atomic E-state index is 11.2. The average Bonchev–Trinajstić information content (AvgIpc) is 2.96. The molecule has 0 radical (unpaired) electrons. The van der Waals surface area contributed by atoms with Gasteiger partial charge in [-0.15, -0.1) is 0 Å². The number of nitro groups is 1. The zero-order valence-corrected chi connectivity index (χ0v) is 17.0. The van der Waals surface area contributed by atoms with Gasteiger partial charge in [-0.2, -0.15) is 0 Å². The van der Waals surface area contributed by atoms with E-state index in [1.165, 1.54) is 12.0 Å². The van der Waals surface area contributed by atoms with Crippen LogP contribution >= 0.6 is 0 Å². The molecule has 6 nitrogen and oxygen atoms in total. The Morgan fingerprint density at radius 3 is 2.70 bits per heavy atom. The van der Waals surface area contributed by atoms with Crippen LogP contribution in [0.3, 0.4) is 0 Å². The number of piperidine rings is 1. The molecule has 0 saturated carbocycles. The molecule has 0 unspecified atom stereocenters. The summed E-state index contributed by atoms with van der Waals surface area (Å²) < 4.78 is 2.20. The highest BCUT2D eigenvalue weighted by Gasteiger charge is 2.35. The Bertz CT molecular complexity index is 872. The van der Waals surface area contributed by atoms with E-state index in [0.717, 1.165) is 37.4 Å². The lowest BCUT2D eigenvalue weighted by atomic mass is 9.81. The number of imidazole rings is 1. The number of hydrogen-bond donors (Lipinski definition) is 0. The van der Waals surface area contributed by atoms with Crippen molar-refractivity contribution in [2.24, 2.45) is 5.41 Å². The molecule has 1 fully saturated rings. The third-order valence-electron chi connectivity index (χ3n) is 5.36. The van der Waals surface area contributed by atoms with Crippen molar-refractivity contribution < 1.29 is 4.92 Å². The summed E-state index contributed by atoms with van der Waals surface area (Å²) in [4.78, 5) is 18.1. The van der Waals surface area contributed by atoms with Gasteiger partial charge in [-0.25, -0.2) is 4.98 Å². The molecule has 6 heteroatoms.